The normalized spacial score (nSPS) is 10.8. The number of aliphatic carboxylic acids is 2. The number of hydrogen-bond acceptors (Lipinski definition) is 7. The summed E-state index contributed by atoms with van der Waals surface area (Å²) in [4.78, 5) is 23.1. The highest BCUT2D eigenvalue weighted by atomic mass is 32.2. The number of rotatable bonds is 7. The molecule has 0 aliphatic rings. The number of aromatic nitrogens is 2. The van der Waals surface area contributed by atoms with E-state index in [0.717, 1.165) is 5.56 Å². The van der Waals surface area contributed by atoms with Gasteiger partial charge in [-0.25, -0.2) is 22.0 Å². The molecule has 3 rings (SSSR count). The van der Waals surface area contributed by atoms with Crippen molar-refractivity contribution in [2.75, 3.05) is 7.05 Å². The minimum absolute atomic E-state index is 0.0947. The van der Waals surface area contributed by atoms with Gasteiger partial charge in [-0.1, -0.05) is 18.2 Å². The largest absolute Gasteiger partial charge is 0.478 e. The number of benzene rings is 1. The van der Waals surface area contributed by atoms with Crippen molar-refractivity contribution in [3.05, 3.63) is 84.3 Å². The van der Waals surface area contributed by atoms with E-state index in [-0.39, 0.29) is 4.90 Å². The Labute approximate surface area is 190 Å². The smallest absolute Gasteiger partial charge is 0.328 e. The number of carboxylic acid groups (broad SMARTS) is 2. The van der Waals surface area contributed by atoms with Gasteiger partial charge in [-0.05, 0) is 36.9 Å². The van der Waals surface area contributed by atoms with Crippen molar-refractivity contribution in [3.8, 4) is 17.3 Å². The van der Waals surface area contributed by atoms with Gasteiger partial charge in [0.25, 0.3) is 10.0 Å². The van der Waals surface area contributed by atoms with Crippen molar-refractivity contribution in [2.45, 2.75) is 11.4 Å². The van der Waals surface area contributed by atoms with E-state index in [1.807, 2.05) is 0 Å². The average molecular weight is 468 g/mol. The van der Waals surface area contributed by atoms with Gasteiger partial charge in [-0.2, -0.15) is 5.26 Å². The van der Waals surface area contributed by atoms with E-state index < -0.39 is 22.0 Å². The maximum Gasteiger partial charge on any atom is 0.328 e. The van der Waals surface area contributed by atoms with Crippen LogP contribution in [0.5, 0.6) is 0 Å². The highest BCUT2D eigenvalue weighted by molar-refractivity contribution is 7.90. The Hall–Kier alpha value is -4.27. The first kappa shape index (κ1) is 25.0. The Balaban J connectivity index is 0.000000414. The van der Waals surface area contributed by atoms with Gasteiger partial charge in [-0.3, -0.25) is 4.98 Å². The van der Waals surface area contributed by atoms with Crippen molar-refractivity contribution in [1.29, 1.82) is 5.26 Å². The summed E-state index contributed by atoms with van der Waals surface area (Å²) in [7, 11) is -2.04. The van der Waals surface area contributed by atoms with E-state index >= 15 is 0 Å². The van der Waals surface area contributed by atoms with Crippen molar-refractivity contribution in [2.24, 2.45) is 0 Å². The third kappa shape index (κ3) is 6.60. The molecule has 0 saturated heterocycles. The Kier molecular flexibility index (Phi) is 8.62. The molecule has 0 aliphatic carbocycles. The molecule has 0 aliphatic heterocycles. The molecule has 1 aromatic carbocycles. The van der Waals surface area contributed by atoms with Crippen LogP contribution in [0.2, 0.25) is 0 Å². The number of nitrogens with one attached hydrogen (secondary N) is 1. The average Bonchev–Trinajstić information content (AvgIpc) is 3.23. The van der Waals surface area contributed by atoms with Crippen LogP contribution in [0, 0.1) is 11.3 Å². The second kappa shape index (κ2) is 11.4. The molecule has 3 aromatic rings. The number of nitrogens with zero attached hydrogens (tertiary/aromatic N) is 3. The lowest BCUT2D eigenvalue weighted by atomic mass is 10.1. The molecule has 0 unspecified atom stereocenters. The van der Waals surface area contributed by atoms with Gasteiger partial charge in [0.05, 0.1) is 17.3 Å². The Bertz CT molecular complexity index is 1290. The van der Waals surface area contributed by atoms with Gasteiger partial charge >= 0.3 is 11.9 Å². The minimum atomic E-state index is -3.82. The van der Waals surface area contributed by atoms with Gasteiger partial charge < -0.3 is 15.5 Å². The predicted octanol–water partition coefficient (Wildman–Crippen LogP) is 2.09. The molecule has 10 nitrogen and oxygen atoms in total. The van der Waals surface area contributed by atoms with Crippen LogP contribution in [0.4, 0.5) is 0 Å². The van der Waals surface area contributed by atoms with Crippen LogP contribution >= 0.6 is 0 Å². The molecule has 2 heterocycles. The fraction of sp³-hybridized carbons (Fsp3) is 0.0909. The van der Waals surface area contributed by atoms with Crippen LogP contribution in [0.3, 0.4) is 0 Å². The molecule has 0 radical (unpaired) electrons. The molecular weight excluding hydrogens is 448 g/mol. The summed E-state index contributed by atoms with van der Waals surface area (Å²) in [5.41, 5.74) is 2.24. The second-order valence-electron chi connectivity index (χ2n) is 6.42. The number of carbonyl (C=O) groups is 2. The third-order valence-electron chi connectivity index (χ3n) is 4.11. The van der Waals surface area contributed by atoms with Crippen LogP contribution in [-0.4, -0.2) is 46.6 Å². The zero-order valence-electron chi connectivity index (χ0n) is 17.4. The van der Waals surface area contributed by atoms with E-state index in [9.17, 15) is 23.3 Å². The monoisotopic (exact) mass is 468 g/mol. The molecule has 11 heteroatoms. The lowest BCUT2D eigenvalue weighted by molar-refractivity contribution is -0.134. The standard InChI is InChI=1S/C18H16N4O2S.C4H4O4/c1-20-11-14-9-18(17-7-3-2-5-15(17)10-19)22(13-14)25(23,24)16-6-4-8-21-12-16;5-3(6)1-2-4(7)8/h2-9,12-13,20H,11H2,1H3;1-2H,(H,5,6)(H,7,8). The molecule has 33 heavy (non-hydrogen) atoms. The van der Waals surface area contributed by atoms with E-state index in [2.05, 4.69) is 16.4 Å². The maximum atomic E-state index is 13.1. The topological polar surface area (TPSA) is 162 Å². The summed E-state index contributed by atoms with van der Waals surface area (Å²) in [6.45, 7) is 0.511. The van der Waals surface area contributed by atoms with Gasteiger partial charge in [-0.15, -0.1) is 0 Å². The summed E-state index contributed by atoms with van der Waals surface area (Å²) < 4.78 is 27.3. The highest BCUT2D eigenvalue weighted by Gasteiger charge is 2.23. The zero-order valence-corrected chi connectivity index (χ0v) is 18.2. The molecular formula is C22H20N4O6S. The predicted molar refractivity (Wildman–Crippen MR) is 119 cm³/mol. The summed E-state index contributed by atoms with van der Waals surface area (Å²) in [5, 5.41) is 28.0. The lowest BCUT2D eigenvalue weighted by Crippen LogP contribution is -2.14. The molecule has 3 N–H and O–H groups in total. The third-order valence-corrected chi connectivity index (χ3v) is 5.76. The Morgan fingerprint density at radius 3 is 2.36 bits per heavy atom. The van der Waals surface area contributed by atoms with Crippen LogP contribution in [0.1, 0.15) is 11.1 Å². The molecule has 0 fully saturated rings. The zero-order chi connectivity index (χ0) is 24.4. The quantitative estimate of drug-likeness (QED) is 0.441. The maximum absolute atomic E-state index is 13.1. The second-order valence-corrected chi connectivity index (χ2v) is 8.24. The van der Waals surface area contributed by atoms with Crippen LogP contribution in [-0.2, 0) is 26.2 Å². The molecule has 2 aromatic heterocycles. The van der Waals surface area contributed by atoms with Crippen molar-refractivity contribution < 1.29 is 28.2 Å². The van der Waals surface area contributed by atoms with Crippen LogP contribution in [0.15, 0.2) is 78.1 Å². The van der Waals surface area contributed by atoms with E-state index in [1.165, 1.54) is 22.4 Å². The van der Waals surface area contributed by atoms with E-state index in [0.29, 0.717) is 35.5 Å². The number of carboxylic acids is 2. The van der Waals surface area contributed by atoms with Crippen molar-refractivity contribution in [3.63, 3.8) is 0 Å². The molecule has 0 bridgehead atoms. The van der Waals surface area contributed by atoms with Gasteiger partial charge in [0, 0.05) is 42.9 Å². The van der Waals surface area contributed by atoms with Crippen molar-refractivity contribution >= 4 is 22.0 Å². The first-order valence-corrected chi connectivity index (χ1v) is 10.8. The number of nitriles is 1. The summed E-state index contributed by atoms with van der Waals surface area (Å²) in [5.74, 6) is -2.51. The molecule has 0 spiro atoms. The summed E-state index contributed by atoms with van der Waals surface area (Å²) in [6.07, 6.45) is 5.52. The fourth-order valence-corrected chi connectivity index (χ4v) is 4.11. The van der Waals surface area contributed by atoms with Gasteiger partial charge in [0.15, 0.2) is 0 Å². The first-order chi connectivity index (χ1) is 15.7. The molecule has 0 amide bonds. The van der Waals surface area contributed by atoms with Crippen LogP contribution < -0.4 is 5.32 Å². The Morgan fingerprint density at radius 1 is 1.15 bits per heavy atom. The Morgan fingerprint density at radius 2 is 1.82 bits per heavy atom. The molecule has 0 saturated carbocycles. The first-order valence-electron chi connectivity index (χ1n) is 9.35. The van der Waals surface area contributed by atoms with Crippen LogP contribution in [0.25, 0.3) is 11.3 Å². The van der Waals surface area contributed by atoms with Crippen molar-refractivity contribution in [1.82, 2.24) is 14.3 Å². The molecule has 170 valence electrons. The van der Waals surface area contributed by atoms with Gasteiger partial charge in [0.2, 0.25) is 0 Å². The minimum Gasteiger partial charge on any atom is -0.478 e. The highest BCUT2D eigenvalue weighted by Crippen LogP contribution is 2.29. The summed E-state index contributed by atoms with van der Waals surface area (Å²) in [6, 6.07) is 13.9. The number of pyridine rings is 1. The lowest BCUT2D eigenvalue weighted by Gasteiger charge is -2.11. The van der Waals surface area contributed by atoms with E-state index in [4.69, 9.17) is 10.2 Å². The SMILES string of the molecule is CNCc1cc(-c2ccccc2C#N)n(S(=O)(=O)c2cccnc2)c1.O=C(O)C=CC(=O)O. The number of hydrogen-bond donors (Lipinski definition) is 3. The molecule has 0 atom stereocenters. The fourth-order valence-electron chi connectivity index (χ4n) is 2.75. The van der Waals surface area contributed by atoms with Gasteiger partial charge in [0.1, 0.15) is 4.90 Å². The van der Waals surface area contributed by atoms with E-state index in [1.54, 1.807) is 49.6 Å². The summed E-state index contributed by atoms with van der Waals surface area (Å²) >= 11 is 0.